The van der Waals surface area contributed by atoms with Gasteiger partial charge in [-0.25, -0.2) is 13.1 Å². The van der Waals surface area contributed by atoms with Crippen LogP contribution in [0.25, 0.3) is 0 Å². The first-order valence-electron chi connectivity index (χ1n) is 9.67. The summed E-state index contributed by atoms with van der Waals surface area (Å²) in [5.41, 5.74) is 1.07. The first-order valence-corrected chi connectivity index (χ1v) is 11.2. The van der Waals surface area contributed by atoms with Gasteiger partial charge in [-0.3, -0.25) is 4.79 Å². The summed E-state index contributed by atoms with van der Waals surface area (Å²) in [4.78, 5) is 16.4. The minimum atomic E-state index is -3.59. The first kappa shape index (κ1) is 21.3. The molecule has 0 aliphatic carbocycles. The maximum Gasteiger partial charge on any atom is 0.260 e. The van der Waals surface area contributed by atoms with E-state index in [1.54, 1.807) is 17.0 Å². The second-order valence-electron chi connectivity index (χ2n) is 7.08. The highest BCUT2D eigenvalue weighted by Crippen LogP contribution is 2.16. The van der Waals surface area contributed by atoms with Gasteiger partial charge in [0.05, 0.1) is 4.90 Å². The minimum Gasteiger partial charge on any atom is -0.484 e. The minimum absolute atomic E-state index is 0.0505. The largest absolute Gasteiger partial charge is 0.484 e. The van der Waals surface area contributed by atoms with E-state index < -0.39 is 10.0 Å². The number of hydrogen-bond acceptors (Lipinski definition) is 5. The van der Waals surface area contributed by atoms with Crippen LogP contribution in [0.2, 0.25) is 0 Å². The van der Waals surface area contributed by atoms with Gasteiger partial charge in [0.2, 0.25) is 10.0 Å². The van der Waals surface area contributed by atoms with E-state index in [1.165, 1.54) is 12.1 Å². The molecule has 0 saturated carbocycles. The number of ether oxygens (including phenoxy) is 1. The van der Waals surface area contributed by atoms with E-state index in [0.29, 0.717) is 31.8 Å². The zero-order chi connectivity index (χ0) is 20.7. The highest BCUT2D eigenvalue weighted by molar-refractivity contribution is 7.89. The van der Waals surface area contributed by atoms with Gasteiger partial charge in [0.25, 0.3) is 5.91 Å². The average Bonchev–Trinajstić information content (AvgIpc) is 2.73. The summed E-state index contributed by atoms with van der Waals surface area (Å²) in [5, 5.41) is 0. The number of likely N-dealkylation sites (N-methyl/N-ethyl adjacent to an activating group) is 1. The summed E-state index contributed by atoms with van der Waals surface area (Å²) >= 11 is 0. The molecule has 0 radical (unpaired) electrons. The zero-order valence-electron chi connectivity index (χ0n) is 16.6. The van der Waals surface area contributed by atoms with Crippen molar-refractivity contribution in [2.75, 3.05) is 46.4 Å². The van der Waals surface area contributed by atoms with Crippen molar-refractivity contribution in [1.82, 2.24) is 14.5 Å². The molecule has 0 bridgehead atoms. The SMILES string of the molecule is CN1CCN(C(=O)COc2ccc(S(=O)(=O)NCCc3ccccc3)cc2)CC1. The fourth-order valence-electron chi connectivity index (χ4n) is 3.06. The van der Waals surface area contributed by atoms with Gasteiger partial charge >= 0.3 is 0 Å². The number of carbonyl (C=O) groups is 1. The maximum absolute atomic E-state index is 12.4. The molecule has 29 heavy (non-hydrogen) atoms. The Morgan fingerprint density at radius 3 is 2.31 bits per heavy atom. The molecule has 1 N–H and O–H groups in total. The molecule has 0 aromatic heterocycles. The molecule has 1 aliphatic heterocycles. The van der Waals surface area contributed by atoms with Crippen LogP contribution in [0.15, 0.2) is 59.5 Å². The van der Waals surface area contributed by atoms with E-state index in [-0.39, 0.29) is 17.4 Å². The fraction of sp³-hybridized carbons (Fsp3) is 0.381. The molecule has 0 spiro atoms. The molecule has 0 unspecified atom stereocenters. The van der Waals surface area contributed by atoms with Gasteiger partial charge < -0.3 is 14.5 Å². The molecule has 8 heteroatoms. The second-order valence-corrected chi connectivity index (χ2v) is 8.84. The van der Waals surface area contributed by atoms with Crippen molar-refractivity contribution < 1.29 is 17.9 Å². The van der Waals surface area contributed by atoms with Crippen LogP contribution in [0.5, 0.6) is 5.75 Å². The Labute approximate surface area is 172 Å². The predicted octanol–water partition coefficient (Wildman–Crippen LogP) is 1.36. The van der Waals surface area contributed by atoms with Crippen LogP contribution < -0.4 is 9.46 Å². The third-order valence-electron chi connectivity index (χ3n) is 4.90. The summed E-state index contributed by atoms with van der Waals surface area (Å²) in [6.45, 7) is 3.38. The molecule has 7 nitrogen and oxygen atoms in total. The number of nitrogens with zero attached hydrogens (tertiary/aromatic N) is 2. The summed E-state index contributed by atoms with van der Waals surface area (Å²) in [5.74, 6) is 0.410. The number of sulfonamides is 1. The molecule has 0 atom stereocenters. The van der Waals surface area contributed by atoms with Crippen LogP contribution in [0.1, 0.15) is 5.56 Å². The quantitative estimate of drug-likeness (QED) is 0.702. The third kappa shape index (κ3) is 6.28. The molecule has 1 fully saturated rings. The monoisotopic (exact) mass is 417 g/mol. The van der Waals surface area contributed by atoms with E-state index in [2.05, 4.69) is 9.62 Å². The van der Waals surface area contributed by atoms with Gasteiger partial charge in [0.15, 0.2) is 6.61 Å². The number of amides is 1. The number of benzene rings is 2. The predicted molar refractivity (Wildman–Crippen MR) is 111 cm³/mol. The van der Waals surface area contributed by atoms with Crippen molar-refractivity contribution in [2.45, 2.75) is 11.3 Å². The number of nitrogens with one attached hydrogen (secondary N) is 1. The van der Waals surface area contributed by atoms with Crippen LogP contribution in [0, 0.1) is 0 Å². The number of hydrogen-bond donors (Lipinski definition) is 1. The fourth-order valence-corrected chi connectivity index (χ4v) is 4.10. The molecule has 2 aromatic carbocycles. The van der Waals surface area contributed by atoms with Gasteiger partial charge in [-0.2, -0.15) is 0 Å². The zero-order valence-corrected chi connectivity index (χ0v) is 17.4. The molecular weight excluding hydrogens is 390 g/mol. The van der Waals surface area contributed by atoms with E-state index in [0.717, 1.165) is 18.7 Å². The summed E-state index contributed by atoms with van der Waals surface area (Å²) < 4.78 is 33.0. The summed E-state index contributed by atoms with van der Waals surface area (Å²) in [6, 6.07) is 15.8. The maximum atomic E-state index is 12.4. The van der Waals surface area contributed by atoms with Crippen LogP contribution in [0.3, 0.4) is 0 Å². The molecular formula is C21H27N3O4S. The Bertz CT molecular complexity index is 893. The van der Waals surface area contributed by atoms with Crippen molar-refractivity contribution in [2.24, 2.45) is 0 Å². The van der Waals surface area contributed by atoms with E-state index in [4.69, 9.17) is 4.74 Å². The van der Waals surface area contributed by atoms with Gasteiger partial charge in [0, 0.05) is 32.7 Å². The third-order valence-corrected chi connectivity index (χ3v) is 6.38. The molecule has 1 aliphatic rings. The molecule has 2 aromatic rings. The van der Waals surface area contributed by atoms with Crippen molar-refractivity contribution >= 4 is 15.9 Å². The number of carbonyl (C=O) groups excluding carboxylic acids is 1. The molecule has 156 valence electrons. The molecule has 1 amide bonds. The van der Waals surface area contributed by atoms with E-state index in [1.807, 2.05) is 37.4 Å². The number of piperazine rings is 1. The first-order chi connectivity index (χ1) is 13.9. The normalized spacial score (nSPS) is 15.3. The highest BCUT2D eigenvalue weighted by Gasteiger charge is 2.19. The lowest BCUT2D eigenvalue weighted by atomic mass is 10.2. The standard InChI is InChI=1S/C21H27N3O4S/c1-23-13-15-24(16-14-23)21(25)17-28-19-7-9-20(10-8-19)29(26,27)22-12-11-18-5-3-2-4-6-18/h2-10,22H,11-17H2,1H3. The van der Waals surface area contributed by atoms with Gasteiger partial charge in [-0.05, 0) is 43.3 Å². The second kappa shape index (κ2) is 9.87. The van der Waals surface area contributed by atoms with Gasteiger partial charge in [0.1, 0.15) is 5.75 Å². The highest BCUT2D eigenvalue weighted by atomic mass is 32.2. The lowest BCUT2D eigenvalue weighted by Gasteiger charge is -2.32. The Morgan fingerprint density at radius 1 is 1.00 bits per heavy atom. The van der Waals surface area contributed by atoms with Crippen LogP contribution >= 0.6 is 0 Å². The Balaban J connectivity index is 1.47. The lowest BCUT2D eigenvalue weighted by Crippen LogP contribution is -2.48. The Hall–Kier alpha value is -2.42. The lowest BCUT2D eigenvalue weighted by molar-refractivity contribution is -0.134. The number of rotatable bonds is 8. The van der Waals surface area contributed by atoms with Crippen LogP contribution in [0.4, 0.5) is 0 Å². The average molecular weight is 418 g/mol. The van der Waals surface area contributed by atoms with E-state index in [9.17, 15) is 13.2 Å². The van der Waals surface area contributed by atoms with Crippen LogP contribution in [-0.2, 0) is 21.2 Å². The van der Waals surface area contributed by atoms with Gasteiger partial charge in [-0.1, -0.05) is 30.3 Å². The topological polar surface area (TPSA) is 79.0 Å². The van der Waals surface area contributed by atoms with E-state index >= 15 is 0 Å². The van der Waals surface area contributed by atoms with Crippen LogP contribution in [-0.4, -0.2) is 70.5 Å². The smallest absolute Gasteiger partial charge is 0.260 e. The molecule has 1 saturated heterocycles. The van der Waals surface area contributed by atoms with Crippen molar-refractivity contribution in [3.8, 4) is 5.75 Å². The van der Waals surface area contributed by atoms with Crippen molar-refractivity contribution in [1.29, 1.82) is 0 Å². The van der Waals surface area contributed by atoms with Gasteiger partial charge in [-0.15, -0.1) is 0 Å². The van der Waals surface area contributed by atoms with Crippen molar-refractivity contribution in [3.05, 3.63) is 60.2 Å². The Morgan fingerprint density at radius 2 is 1.66 bits per heavy atom. The Kier molecular flexibility index (Phi) is 7.24. The molecule has 1 heterocycles. The molecule has 3 rings (SSSR count). The van der Waals surface area contributed by atoms with Crippen molar-refractivity contribution in [3.63, 3.8) is 0 Å². The summed E-state index contributed by atoms with van der Waals surface area (Å²) in [6.07, 6.45) is 0.621. The summed E-state index contributed by atoms with van der Waals surface area (Å²) in [7, 11) is -1.55.